The monoisotopic (exact) mass is 500 g/mol. The van der Waals surface area contributed by atoms with Gasteiger partial charge in [-0.3, -0.25) is 9.80 Å². The van der Waals surface area contributed by atoms with Crippen LogP contribution in [0.15, 0.2) is 67.5 Å². The molecule has 1 saturated carbocycles. The summed E-state index contributed by atoms with van der Waals surface area (Å²) >= 11 is 0. The third-order valence-corrected chi connectivity index (χ3v) is 7.76. The maximum Gasteiger partial charge on any atom is 0.155 e. The van der Waals surface area contributed by atoms with Crippen LogP contribution in [0.2, 0.25) is 0 Å². The van der Waals surface area contributed by atoms with Gasteiger partial charge < -0.3 is 4.57 Å². The molecule has 3 heterocycles. The maximum absolute atomic E-state index is 13.9. The Morgan fingerprint density at radius 3 is 2.54 bits per heavy atom. The van der Waals surface area contributed by atoms with Crippen molar-refractivity contribution in [1.29, 1.82) is 0 Å². The number of benzene rings is 2. The zero-order valence-corrected chi connectivity index (χ0v) is 21.0. The normalized spacial score (nSPS) is 18.4. The van der Waals surface area contributed by atoms with Crippen LogP contribution in [-0.4, -0.2) is 71.5 Å². The lowest BCUT2D eigenvalue weighted by atomic mass is 9.91. The molecular weight excluding hydrogens is 467 g/mol. The van der Waals surface area contributed by atoms with Gasteiger partial charge in [-0.1, -0.05) is 42.8 Å². The van der Waals surface area contributed by atoms with Crippen LogP contribution in [0.4, 0.5) is 4.39 Å². The van der Waals surface area contributed by atoms with E-state index in [1.165, 1.54) is 36.5 Å². The molecule has 2 aromatic carbocycles. The summed E-state index contributed by atoms with van der Waals surface area (Å²) in [4.78, 5) is 9.28. The van der Waals surface area contributed by atoms with E-state index in [4.69, 9.17) is 0 Å². The Morgan fingerprint density at radius 1 is 0.892 bits per heavy atom. The summed E-state index contributed by atoms with van der Waals surface area (Å²) in [6.45, 7) is 5.42. The lowest BCUT2D eigenvalue weighted by Gasteiger charge is -2.37. The second-order valence-corrected chi connectivity index (χ2v) is 10.2. The van der Waals surface area contributed by atoms with Gasteiger partial charge in [-0.05, 0) is 54.6 Å². The zero-order chi connectivity index (χ0) is 25.0. The summed E-state index contributed by atoms with van der Waals surface area (Å²) in [6.07, 6.45) is 10.2. The van der Waals surface area contributed by atoms with Gasteiger partial charge in [0.05, 0.1) is 19.1 Å². The molecule has 1 atom stereocenters. The van der Waals surface area contributed by atoms with Crippen molar-refractivity contribution in [2.24, 2.45) is 0 Å². The molecule has 2 aliphatic rings. The number of hydrogen-bond donors (Lipinski definition) is 0. The zero-order valence-electron chi connectivity index (χ0n) is 21.0. The van der Waals surface area contributed by atoms with E-state index in [1.54, 1.807) is 31.1 Å². The van der Waals surface area contributed by atoms with Gasteiger partial charge in [-0.25, -0.2) is 14.1 Å². The number of rotatable bonds is 8. The number of nitrogens with zero attached hydrogens (tertiary/aromatic N) is 8. The predicted molar refractivity (Wildman–Crippen MR) is 138 cm³/mol. The summed E-state index contributed by atoms with van der Waals surface area (Å²) in [5, 5.41) is 13.2. The molecule has 2 fully saturated rings. The van der Waals surface area contributed by atoms with E-state index >= 15 is 0 Å². The maximum atomic E-state index is 13.9. The van der Waals surface area contributed by atoms with Crippen LogP contribution in [-0.2, 0) is 13.1 Å². The highest BCUT2D eigenvalue weighted by Gasteiger charge is 2.32. The predicted octanol–water partition coefficient (Wildman–Crippen LogP) is 3.75. The van der Waals surface area contributed by atoms with Gasteiger partial charge in [0.25, 0.3) is 0 Å². The van der Waals surface area contributed by atoms with E-state index < -0.39 is 0 Å². The molecule has 0 N–H and O–H groups in total. The average molecular weight is 501 g/mol. The van der Waals surface area contributed by atoms with E-state index in [9.17, 15) is 4.39 Å². The minimum absolute atomic E-state index is 0.0298. The molecule has 2 aromatic heterocycles. The van der Waals surface area contributed by atoms with Crippen molar-refractivity contribution >= 4 is 0 Å². The highest BCUT2D eigenvalue weighted by atomic mass is 19.1. The van der Waals surface area contributed by atoms with E-state index in [0.717, 1.165) is 50.0 Å². The van der Waals surface area contributed by atoms with Crippen molar-refractivity contribution in [1.82, 2.24) is 39.3 Å². The third-order valence-electron chi connectivity index (χ3n) is 7.76. The Bertz CT molecular complexity index is 1280. The topological polar surface area (TPSA) is 67.9 Å². The Morgan fingerprint density at radius 2 is 1.78 bits per heavy atom. The van der Waals surface area contributed by atoms with Crippen LogP contribution in [0.5, 0.6) is 0 Å². The van der Waals surface area contributed by atoms with Gasteiger partial charge >= 0.3 is 0 Å². The molecule has 192 valence electrons. The Balaban J connectivity index is 1.29. The molecule has 1 aliphatic heterocycles. The average Bonchev–Trinajstić information content (AvgIpc) is 3.48. The fraction of sp³-hybridized carbons (Fsp3) is 0.429. The minimum Gasteiger partial charge on any atom is -0.311 e. The van der Waals surface area contributed by atoms with Gasteiger partial charge in [0.1, 0.15) is 24.8 Å². The van der Waals surface area contributed by atoms with Gasteiger partial charge in [0, 0.05) is 25.7 Å². The molecule has 1 aliphatic carbocycles. The largest absolute Gasteiger partial charge is 0.311 e. The third kappa shape index (κ3) is 5.47. The summed E-state index contributed by atoms with van der Waals surface area (Å²) in [6, 6.07) is 16.2. The second kappa shape index (κ2) is 10.9. The van der Waals surface area contributed by atoms with E-state index in [0.29, 0.717) is 13.1 Å². The molecule has 4 aromatic rings. The minimum atomic E-state index is -0.227. The molecule has 8 nitrogen and oxygen atoms in total. The highest BCUT2D eigenvalue weighted by molar-refractivity contribution is 5.30. The molecular formula is C28H33FN8. The summed E-state index contributed by atoms with van der Waals surface area (Å²) in [5.41, 5.74) is 3.25. The fourth-order valence-electron chi connectivity index (χ4n) is 5.59. The smallest absolute Gasteiger partial charge is 0.155 e. The highest BCUT2D eigenvalue weighted by Crippen LogP contribution is 2.31. The Hall–Kier alpha value is -3.43. The lowest BCUT2D eigenvalue weighted by molar-refractivity contribution is 0.127. The molecule has 1 unspecified atom stereocenters. The van der Waals surface area contributed by atoms with Gasteiger partial charge in [0.2, 0.25) is 0 Å². The lowest BCUT2D eigenvalue weighted by Crippen LogP contribution is -2.42. The van der Waals surface area contributed by atoms with Gasteiger partial charge in [0.15, 0.2) is 5.82 Å². The molecule has 1 saturated heterocycles. The Kier molecular flexibility index (Phi) is 7.05. The van der Waals surface area contributed by atoms with Crippen molar-refractivity contribution in [3.63, 3.8) is 0 Å². The molecule has 6 rings (SSSR count). The first-order valence-corrected chi connectivity index (χ1v) is 13.2. The van der Waals surface area contributed by atoms with Crippen LogP contribution < -0.4 is 0 Å². The van der Waals surface area contributed by atoms with Crippen molar-refractivity contribution in [2.75, 3.05) is 26.2 Å². The summed E-state index contributed by atoms with van der Waals surface area (Å²) in [5.74, 6) is 0.667. The molecule has 9 heteroatoms. The van der Waals surface area contributed by atoms with Crippen molar-refractivity contribution in [2.45, 2.75) is 50.9 Å². The fourth-order valence-corrected chi connectivity index (χ4v) is 5.59. The second-order valence-electron chi connectivity index (χ2n) is 10.2. The van der Waals surface area contributed by atoms with E-state index in [2.05, 4.69) is 58.9 Å². The van der Waals surface area contributed by atoms with Gasteiger partial charge in [-0.2, -0.15) is 5.10 Å². The number of aromatic nitrogens is 6. The molecule has 0 amide bonds. The first-order chi connectivity index (χ1) is 18.2. The van der Waals surface area contributed by atoms with E-state index in [1.807, 2.05) is 10.7 Å². The van der Waals surface area contributed by atoms with Crippen LogP contribution in [0.3, 0.4) is 0 Å². The van der Waals surface area contributed by atoms with Crippen molar-refractivity contribution in [3.8, 4) is 0 Å². The quantitative estimate of drug-likeness (QED) is 0.367. The molecule has 0 bridgehead atoms. The van der Waals surface area contributed by atoms with Crippen LogP contribution in [0.25, 0.3) is 0 Å². The van der Waals surface area contributed by atoms with Crippen molar-refractivity contribution in [3.05, 3.63) is 95.8 Å². The van der Waals surface area contributed by atoms with Crippen LogP contribution in [0, 0.1) is 5.82 Å². The number of halogens is 1. The SMILES string of the molecule is Fc1cccc(Cn2cnnc2C(c2ccc(Cn3cncn3)cc2)N2CCCN(C3CCC3)CC2)c1. The van der Waals surface area contributed by atoms with Crippen molar-refractivity contribution < 1.29 is 4.39 Å². The van der Waals surface area contributed by atoms with E-state index in [-0.39, 0.29) is 11.9 Å². The first kappa shape index (κ1) is 23.9. The van der Waals surface area contributed by atoms with Crippen LogP contribution in [0.1, 0.15) is 54.2 Å². The molecule has 0 radical (unpaired) electrons. The number of hydrogen-bond acceptors (Lipinski definition) is 6. The summed E-state index contributed by atoms with van der Waals surface area (Å²) < 4.78 is 17.8. The molecule has 0 spiro atoms. The van der Waals surface area contributed by atoms with Gasteiger partial charge in [-0.15, -0.1) is 10.2 Å². The first-order valence-electron chi connectivity index (χ1n) is 13.2. The standard InChI is InChI=1S/C28H33FN8/c29-25-5-1-4-23(16-25)17-36-21-31-33-28(36)27(35-13-3-12-34(14-15-35)26-6-2-7-26)24-10-8-22(9-11-24)18-37-20-30-19-32-37/h1,4-5,8-11,16,19-21,26-27H,2-3,6-7,12-15,17-18H2. The van der Waals surface area contributed by atoms with Crippen LogP contribution >= 0.6 is 0 Å². The molecule has 37 heavy (non-hydrogen) atoms. The Labute approximate surface area is 216 Å². The summed E-state index contributed by atoms with van der Waals surface area (Å²) in [7, 11) is 0.